The maximum absolute atomic E-state index is 5.91. The van der Waals surface area contributed by atoms with Gasteiger partial charge in [-0.1, -0.05) is 45.4 Å². The van der Waals surface area contributed by atoms with Crippen LogP contribution in [0.5, 0.6) is 0 Å². The molecule has 0 spiro atoms. The Morgan fingerprint density at radius 2 is 2.00 bits per heavy atom. The van der Waals surface area contributed by atoms with Crippen LogP contribution in [0.15, 0.2) is 11.8 Å². The average molecular weight is 265 g/mol. The predicted molar refractivity (Wildman–Crippen MR) is 81.2 cm³/mol. The first-order valence-corrected chi connectivity index (χ1v) is 8.46. The van der Waals surface area contributed by atoms with E-state index in [-0.39, 0.29) is 0 Å². The van der Waals surface area contributed by atoms with E-state index in [1.165, 1.54) is 70.0 Å². The van der Waals surface area contributed by atoms with Gasteiger partial charge in [-0.15, -0.1) is 0 Å². The molecule has 2 rings (SSSR count). The van der Waals surface area contributed by atoms with Crippen molar-refractivity contribution in [3.8, 4) is 0 Å². The second-order valence-electron chi connectivity index (χ2n) is 6.20. The molecule has 1 saturated carbocycles. The van der Waals surface area contributed by atoms with Crippen molar-refractivity contribution in [3.05, 3.63) is 11.8 Å². The van der Waals surface area contributed by atoms with Gasteiger partial charge in [0.1, 0.15) is 5.76 Å². The first-order valence-electron chi connectivity index (χ1n) is 8.46. The highest BCUT2D eigenvalue weighted by Gasteiger charge is 2.22. The topological polar surface area (TPSA) is 21.3 Å². The zero-order valence-corrected chi connectivity index (χ0v) is 12.6. The van der Waals surface area contributed by atoms with Crippen molar-refractivity contribution in [2.45, 2.75) is 77.2 Å². The van der Waals surface area contributed by atoms with E-state index in [1.807, 2.05) is 0 Å². The smallest absolute Gasteiger partial charge is 0.109 e. The Hall–Kier alpha value is -0.500. The zero-order chi connectivity index (χ0) is 13.3. The molecule has 1 aliphatic carbocycles. The Kier molecular flexibility index (Phi) is 6.77. The van der Waals surface area contributed by atoms with Crippen molar-refractivity contribution in [1.82, 2.24) is 5.32 Å². The second kappa shape index (κ2) is 8.63. The number of hydrogen-bond donors (Lipinski definition) is 1. The lowest BCUT2D eigenvalue weighted by Crippen LogP contribution is -2.35. The van der Waals surface area contributed by atoms with Crippen molar-refractivity contribution in [2.75, 3.05) is 13.2 Å². The molecule has 0 amide bonds. The third-order valence-corrected chi connectivity index (χ3v) is 4.49. The summed E-state index contributed by atoms with van der Waals surface area (Å²) >= 11 is 0. The third-order valence-electron chi connectivity index (χ3n) is 4.49. The van der Waals surface area contributed by atoms with Crippen LogP contribution >= 0.6 is 0 Å². The summed E-state index contributed by atoms with van der Waals surface area (Å²) < 4.78 is 5.91. The molecule has 1 aliphatic heterocycles. The van der Waals surface area contributed by atoms with Crippen LogP contribution in [0.2, 0.25) is 0 Å². The fraction of sp³-hybridized carbons (Fsp3) is 0.882. The van der Waals surface area contributed by atoms with Gasteiger partial charge in [0.25, 0.3) is 0 Å². The molecule has 0 saturated heterocycles. The molecule has 110 valence electrons. The Bertz CT molecular complexity index is 266. The van der Waals surface area contributed by atoms with Gasteiger partial charge in [0.05, 0.1) is 12.6 Å². The van der Waals surface area contributed by atoms with Gasteiger partial charge in [0.2, 0.25) is 0 Å². The van der Waals surface area contributed by atoms with Crippen LogP contribution in [0.3, 0.4) is 0 Å². The molecule has 1 unspecified atom stereocenters. The summed E-state index contributed by atoms with van der Waals surface area (Å²) in [7, 11) is 0. The standard InChI is InChI=1S/C17H31NO/c1-2-12-18-16(17-11-7-8-13-19-17)14-15-9-5-3-4-6-10-15/h11,15-16,18H,2-10,12-14H2,1H3. The molecular formula is C17H31NO. The second-order valence-corrected chi connectivity index (χ2v) is 6.20. The summed E-state index contributed by atoms with van der Waals surface area (Å²) in [6.07, 6.45) is 15.8. The molecule has 1 N–H and O–H groups in total. The van der Waals surface area contributed by atoms with Crippen LogP contribution in [-0.2, 0) is 4.74 Å². The van der Waals surface area contributed by atoms with E-state index in [0.717, 1.165) is 19.1 Å². The van der Waals surface area contributed by atoms with E-state index in [0.29, 0.717) is 6.04 Å². The molecule has 1 heterocycles. The number of nitrogens with one attached hydrogen (secondary N) is 1. The quantitative estimate of drug-likeness (QED) is 0.718. The first-order chi connectivity index (χ1) is 9.40. The van der Waals surface area contributed by atoms with Gasteiger partial charge in [-0.3, -0.25) is 0 Å². The minimum atomic E-state index is 0.475. The van der Waals surface area contributed by atoms with Crippen LogP contribution in [0.1, 0.15) is 71.1 Å². The largest absolute Gasteiger partial charge is 0.497 e. The molecule has 1 atom stereocenters. The highest BCUT2D eigenvalue weighted by molar-refractivity contribution is 5.06. The van der Waals surface area contributed by atoms with Gasteiger partial charge in [-0.25, -0.2) is 0 Å². The molecule has 1 fully saturated rings. The van der Waals surface area contributed by atoms with Gasteiger partial charge in [0.15, 0.2) is 0 Å². The van der Waals surface area contributed by atoms with Gasteiger partial charge in [-0.2, -0.15) is 0 Å². The summed E-state index contributed by atoms with van der Waals surface area (Å²) in [5, 5.41) is 3.71. The maximum Gasteiger partial charge on any atom is 0.109 e. The summed E-state index contributed by atoms with van der Waals surface area (Å²) in [5.74, 6) is 2.15. The van der Waals surface area contributed by atoms with Gasteiger partial charge in [-0.05, 0) is 44.2 Å². The van der Waals surface area contributed by atoms with Crippen molar-refractivity contribution in [3.63, 3.8) is 0 Å². The van der Waals surface area contributed by atoms with Crippen molar-refractivity contribution in [1.29, 1.82) is 0 Å². The summed E-state index contributed by atoms with van der Waals surface area (Å²) in [4.78, 5) is 0. The molecule has 2 nitrogen and oxygen atoms in total. The zero-order valence-electron chi connectivity index (χ0n) is 12.6. The molecule has 0 bridgehead atoms. The lowest BCUT2D eigenvalue weighted by molar-refractivity contribution is 0.158. The fourth-order valence-electron chi connectivity index (χ4n) is 3.37. The molecule has 2 aliphatic rings. The average Bonchev–Trinajstić information content (AvgIpc) is 2.73. The van der Waals surface area contributed by atoms with E-state index in [1.54, 1.807) is 0 Å². The summed E-state index contributed by atoms with van der Waals surface area (Å²) in [6.45, 7) is 4.27. The van der Waals surface area contributed by atoms with Crippen LogP contribution in [0.25, 0.3) is 0 Å². The third kappa shape index (κ3) is 5.18. The molecular weight excluding hydrogens is 234 g/mol. The molecule has 0 radical (unpaired) electrons. The lowest BCUT2D eigenvalue weighted by atomic mass is 9.91. The van der Waals surface area contributed by atoms with Gasteiger partial charge < -0.3 is 10.1 Å². The van der Waals surface area contributed by atoms with Crippen molar-refractivity contribution in [2.24, 2.45) is 5.92 Å². The van der Waals surface area contributed by atoms with Crippen LogP contribution in [0, 0.1) is 5.92 Å². The fourth-order valence-corrected chi connectivity index (χ4v) is 3.37. The number of hydrogen-bond acceptors (Lipinski definition) is 2. The number of ether oxygens (including phenoxy) is 1. The Morgan fingerprint density at radius 3 is 2.63 bits per heavy atom. The van der Waals surface area contributed by atoms with Crippen LogP contribution < -0.4 is 5.32 Å². The molecule has 0 aromatic rings. The summed E-state index contributed by atoms with van der Waals surface area (Å²) in [5.41, 5.74) is 0. The molecule has 0 aromatic heterocycles. The summed E-state index contributed by atoms with van der Waals surface area (Å²) in [6, 6.07) is 0.475. The van der Waals surface area contributed by atoms with E-state index >= 15 is 0 Å². The normalized spacial score (nSPS) is 23.3. The van der Waals surface area contributed by atoms with E-state index < -0.39 is 0 Å². The predicted octanol–water partition coefficient (Wildman–Crippen LogP) is 4.41. The molecule has 2 heteroatoms. The Labute approximate surface area is 119 Å². The van der Waals surface area contributed by atoms with Crippen LogP contribution in [0.4, 0.5) is 0 Å². The van der Waals surface area contributed by atoms with Crippen molar-refractivity contribution >= 4 is 0 Å². The van der Waals surface area contributed by atoms with Crippen LogP contribution in [-0.4, -0.2) is 19.2 Å². The van der Waals surface area contributed by atoms with Crippen molar-refractivity contribution < 1.29 is 4.74 Å². The van der Waals surface area contributed by atoms with Gasteiger partial charge in [0, 0.05) is 0 Å². The highest BCUT2D eigenvalue weighted by atomic mass is 16.5. The molecule has 19 heavy (non-hydrogen) atoms. The van der Waals surface area contributed by atoms with E-state index in [2.05, 4.69) is 18.3 Å². The maximum atomic E-state index is 5.91. The number of allylic oxidation sites excluding steroid dienone is 1. The minimum absolute atomic E-state index is 0.475. The highest BCUT2D eigenvalue weighted by Crippen LogP contribution is 2.29. The molecule has 0 aromatic carbocycles. The SMILES string of the molecule is CCCNC(CC1CCCCCC1)C1=CCCCO1. The lowest BCUT2D eigenvalue weighted by Gasteiger charge is -2.28. The van der Waals surface area contributed by atoms with Gasteiger partial charge >= 0.3 is 0 Å². The number of rotatable bonds is 6. The van der Waals surface area contributed by atoms with E-state index in [4.69, 9.17) is 4.74 Å². The minimum Gasteiger partial charge on any atom is -0.497 e. The van der Waals surface area contributed by atoms with E-state index in [9.17, 15) is 0 Å². The Balaban J connectivity index is 1.89. The first kappa shape index (κ1) is 14.9. The Morgan fingerprint density at radius 1 is 1.21 bits per heavy atom. The monoisotopic (exact) mass is 265 g/mol.